The number of carbonyl (C=O) groups is 1. The number of aryl methyl sites for hydroxylation is 2. The Morgan fingerprint density at radius 2 is 1.89 bits per heavy atom. The van der Waals surface area contributed by atoms with Crippen molar-refractivity contribution in [3.8, 4) is 5.75 Å². The van der Waals surface area contributed by atoms with Gasteiger partial charge in [-0.05, 0) is 79.0 Å². The van der Waals surface area contributed by atoms with Crippen LogP contribution in [0.4, 0.5) is 5.69 Å². The van der Waals surface area contributed by atoms with Crippen molar-refractivity contribution in [1.29, 1.82) is 0 Å². The second-order valence-corrected chi connectivity index (χ2v) is 11.2. The van der Waals surface area contributed by atoms with E-state index < -0.39 is 0 Å². The predicted octanol–water partition coefficient (Wildman–Crippen LogP) is 5.35. The second kappa shape index (κ2) is 7.64. The van der Waals surface area contributed by atoms with Gasteiger partial charge in [0.1, 0.15) is 11.6 Å². The first kappa shape index (κ1) is 22.3. The van der Waals surface area contributed by atoms with E-state index in [1.54, 1.807) is 7.11 Å². The molecule has 1 aliphatic heterocycles. The van der Waals surface area contributed by atoms with E-state index in [-0.39, 0.29) is 16.7 Å². The number of amides is 1. The quantitative estimate of drug-likeness (QED) is 0.510. The molecule has 180 valence electrons. The number of aromatic nitrogens is 2. The lowest BCUT2D eigenvalue weighted by molar-refractivity contribution is 0.0985. The molecular formula is C30H33N3O2. The molecule has 2 aliphatic carbocycles. The van der Waals surface area contributed by atoms with Crippen LogP contribution in [0.5, 0.6) is 5.75 Å². The number of fused-ring (bicyclic) bond motifs is 5. The lowest BCUT2D eigenvalue weighted by Crippen LogP contribution is -2.52. The van der Waals surface area contributed by atoms with Crippen molar-refractivity contribution in [1.82, 2.24) is 9.97 Å². The van der Waals surface area contributed by atoms with Gasteiger partial charge in [0, 0.05) is 29.3 Å². The first-order valence-corrected chi connectivity index (χ1v) is 12.7. The molecule has 2 aromatic carbocycles. The minimum atomic E-state index is -0.0716. The molecule has 0 saturated heterocycles. The molecule has 1 unspecified atom stereocenters. The van der Waals surface area contributed by atoms with E-state index in [9.17, 15) is 4.79 Å². The Balaban J connectivity index is 1.44. The maximum atomic E-state index is 13.8. The highest BCUT2D eigenvalue weighted by Gasteiger charge is 2.53. The SMILES string of the molecule is COc1cc2c(cc1C(=O)N1CCc3ccccc31)CCC1C(C)(C)c3nc(C)ncc3C[C@]21C. The fourth-order valence-corrected chi connectivity index (χ4v) is 7.32. The van der Waals surface area contributed by atoms with Crippen LogP contribution in [-0.4, -0.2) is 29.5 Å². The Bertz CT molecular complexity index is 1360. The van der Waals surface area contributed by atoms with Crippen molar-refractivity contribution < 1.29 is 9.53 Å². The van der Waals surface area contributed by atoms with Crippen molar-refractivity contribution in [2.75, 3.05) is 18.6 Å². The van der Waals surface area contributed by atoms with Crippen molar-refractivity contribution in [3.05, 3.63) is 81.9 Å². The Labute approximate surface area is 207 Å². The Kier molecular flexibility index (Phi) is 4.86. The molecule has 6 rings (SSSR count). The standard InChI is InChI=1S/C30H33N3O2/c1-18-31-17-21-16-30(4)23-15-25(35-5)22(28(34)33-13-12-19-8-6-7-9-24(19)33)14-20(23)10-11-26(30)29(2,3)27(21)32-18/h6-9,14-15,17,26H,10-13,16H2,1-5H3/t26?,30-/m1/s1. The summed E-state index contributed by atoms with van der Waals surface area (Å²) in [5.74, 6) is 1.98. The minimum absolute atomic E-state index is 0.0278. The van der Waals surface area contributed by atoms with Crippen LogP contribution in [0.2, 0.25) is 0 Å². The van der Waals surface area contributed by atoms with Crippen molar-refractivity contribution in [3.63, 3.8) is 0 Å². The number of rotatable bonds is 2. The summed E-state index contributed by atoms with van der Waals surface area (Å²) in [6.07, 6.45) is 5.85. The van der Waals surface area contributed by atoms with Crippen LogP contribution in [0.25, 0.3) is 0 Å². The number of anilines is 1. The third-order valence-electron chi connectivity index (χ3n) is 8.90. The van der Waals surface area contributed by atoms with Gasteiger partial charge in [-0.2, -0.15) is 0 Å². The van der Waals surface area contributed by atoms with E-state index in [0.717, 1.165) is 37.2 Å². The van der Waals surface area contributed by atoms with E-state index in [1.807, 2.05) is 36.2 Å². The predicted molar refractivity (Wildman–Crippen MR) is 137 cm³/mol. The van der Waals surface area contributed by atoms with Crippen LogP contribution in [0.3, 0.4) is 0 Å². The van der Waals surface area contributed by atoms with Crippen LogP contribution < -0.4 is 9.64 Å². The van der Waals surface area contributed by atoms with Gasteiger partial charge in [-0.1, -0.05) is 39.0 Å². The van der Waals surface area contributed by atoms with E-state index >= 15 is 0 Å². The normalized spacial score (nSPS) is 23.7. The number of nitrogens with zero attached hydrogens (tertiary/aromatic N) is 3. The Morgan fingerprint density at radius 1 is 1.09 bits per heavy atom. The molecule has 1 aromatic heterocycles. The Hall–Kier alpha value is -3.21. The van der Waals surface area contributed by atoms with E-state index in [4.69, 9.17) is 9.72 Å². The zero-order valence-corrected chi connectivity index (χ0v) is 21.3. The molecule has 0 spiro atoms. The molecule has 0 fully saturated rings. The van der Waals surface area contributed by atoms with Gasteiger partial charge in [-0.25, -0.2) is 9.97 Å². The first-order valence-electron chi connectivity index (χ1n) is 12.7. The molecule has 2 heterocycles. The number of methoxy groups -OCH3 is 1. The maximum absolute atomic E-state index is 13.8. The number of ether oxygens (including phenoxy) is 1. The van der Waals surface area contributed by atoms with Crippen LogP contribution >= 0.6 is 0 Å². The molecule has 0 bridgehead atoms. The summed E-state index contributed by atoms with van der Waals surface area (Å²) in [7, 11) is 1.68. The van der Waals surface area contributed by atoms with Gasteiger partial charge in [-0.3, -0.25) is 4.79 Å². The van der Waals surface area contributed by atoms with Crippen molar-refractivity contribution in [2.24, 2.45) is 5.92 Å². The highest BCUT2D eigenvalue weighted by molar-refractivity contribution is 6.09. The molecule has 35 heavy (non-hydrogen) atoms. The van der Waals surface area contributed by atoms with E-state index in [1.165, 1.54) is 27.9 Å². The molecule has 3 aromatic rings. The molecule has 3 aliphatic rings. The van der Waals surface area contributed by atoms with Gasteiger partial charge < -0.3 is 9.64 Å². The molecule has 0 saturated carbocycles. The molecule has 5 heteroatoms. The molecule has 0 radical (unpaired) electrons. The second-order valence-electron chi connectivity index (χ2n) is 11.2. The van der Waals surface area contributed by atoms with Crippen molar-refractivity contribution >= 4 is 11.6 Å². The highest BCUT2D eigenvalue weighted by Crippen LogP contribution is 2.56. The summed E-state index contributed by atoms with van der Waals surface area (Å²) >= 11 is 0. The molecule has 0 N–H and O–H groups in total. The lowest BCUT2D eigenvalue weighted by atomic mass is 9.50. The number of para-hydroxylation sites is 1. The zero-order valence-electron chi connectivity index (χ0n) is 21.3. The average Bonchev–Trinajstić information content (AvgIpc) is 3.27. The van der Waals surface area contributed by atoms with Crippen molar-refractivity contribution in [2.45, 2.75) is 64.2 Å². The number of hydrogen-bond acceptors (Lipinski definition) is 4. The topological polar surface area (TPSA) is 55.3 Å². The maximum Gasteiger partial charge on any atom is 0.262 e. The van der Waals surface area contributed by atoms with Gasteiger partial charge >= 0.3 is 0 Å². The van der Waals surface area contributed by atoms with Gasteiger partial charge in [0.15, 0.2) is 0 Å². The van der Waals surface area contributed by atoms with Gasteiger partial charge in [-0.15, -0.1) is 0 Å². The third-order valence-corrected chi connectivity index (χ3v) is 8.90. The summed E-state index contributed by atoms with van der Waals surface area (Å²) in [5.41, 5.74) is 7.80. The fraction of sp³-hybridized carbons (Fsp3) is 0.433. The van der Waals surface area contributed by atoms with Crippen LogP contribution in [0, 0.1) is 12.8 Å². The number of benzene rings is 2. The largest absolute Gasteiger partial charge is 0.496 e. The first-order chi connectivity index (χ1) is 16.7. The molecular weight excluding hydrogens is 434 g/mol. The smallest absolute Gasteiger partial charge is 0.262 e. The lowest BCUT2D eigenvalue weighted by Gasteiger charge is -2.54. The summed E-state index contributed by atoms with van der Waals surface area (Å²) < 4.78 is 5.87. The summed E-state index contributed by atoms with van der Waals surface area (Å²) in [5, 5.41) is 0. The summed E-state index contributed by atoms with van der Waals surface area (Å²) in [6, 6.07) is 12.5. The summed E-state index contributed by atoms with van der Waals surface area (Å²) in [4.78, 5) is 25.1. The molecule has 5 nitrogen and oxygen atoms in total. The number of carbonyl (C=O) groups excluding carboxylic acids is 1. The Morgan fingerprint density at radius 3 is 2.69 bits per heavy atom. The van der Waals surface area contributed by atoms with Gasteiger partial charge in [0.25, 0.3) is 5.91 Å². The minimum Gasteiger partial charge on any atom is -0.496 e. The average molecular weight is 468 g/mol. The molecule has 2 atom stereocenters. The third kappa shape index (κ3) is 3.17. The molecule has 1 amide bonds. The zero-order chi connectivity index (χ0) is 24.5. The number of hydrogen-bond donors (Lipinski definition) is 0. The van der Waals surface area contributed by atoms with E-state index in [0.29, 0.717) is 23.8 Å². The van der Waals surface area contributed by atoms with Crippen LogP contribution in [-0.2, 0) is 30.1 Å². The summed E-state index contributed by atoms with van der Waals surface area (Å²) in [6.45, 7) is 9.75. The van der Waals surface area contributed by atoms with Crippen LogP contribution in [0.15, 0.2) is 42.6 Å². The monoisotopic (exact) mass is 467 g/mol. The highest BCUT2D eigenvalue weighted by atomic mass is 16.5. The fourth-order valence-electron chi connectivity index (χ4n) is 7.32. The van der Waals surface area contributed by atoms with Crippen LogP contribution in [0.1, 0.15) is 71.3 Å². The van der Waals surface area contributed by atoms with Gasteiger partial charge in [0.2, 0.25) is 0 Å². The van der Waals surface area contributed by atoms with E-state index in [2.05, 4.69) is 44.0 Å². The van der Waals surface area contributed by atoms with Gasteiger partial charge in [0.05, 0.1) is 18.4 Å².